The minimum absolute atomic E-state index is 0.364. The second kappa shape index (κ2) is 7.47. The van der Waals surface area contributed by atoms with E-state index in [1.54, 1.807) is 36.6 Å². The molecule has 4 rings (SSSR count). The number of nitrogens with one attached hydrogen (secondary N) is 1. The lowest BCUT2D eigenvalue weighted by Gasteiger charge is -2.19. The SMILES string of the molecule is CCC(=Cc1c(C)ncn1Cc1ccc2c(c1)Nc1nccnc1S2)C(=O)O. The predicted molar refractivity (Wildman–Crippen MR) is 108 cm³/mol. The molecule has 1 aromatic carbocycles. The number of aryl methyl sites for hydroxylation is 1. The van der Waals surface area contributed by atoms with Gasteiger partial charge in [0.2, 0.25) is 0 Å². The number of aromatic nitrogens is 4. The van der Waals surface area contributed by atoms with Crippen LogP contribution in [-0.4, -0.2) is 30.6 Å². The van der Waals surface area contributed by atoms with Gasteiger partial charge in [-0.2, -0.15) is 0 Å². The van der Waals surface area contributed by atoms with Crippen molar-refractivity contribution in [1.29, 1.82) is 0 Å². The fraction of sp³-hybridized carbons (Fsp3) is 0.200. The van der Waals surface area contributed by atoms with Crippen molar-refractivity contribution in [2.45, 2.75) is 36.7 Å². The molecular formula is C20H19N5O2S. The minimum Gasteiger partial charge on any atom is -0.478 e. The number of nitrogens with zero attached hydrogens (tertiary/aromatic N) is 4. The standard InChI is InChI=1S/C20H19N5O2S/c1-3-14(20(26)27)9-16-12(2)23-11-25(16)10-13-4-5-17-15(8-13)24-18-19(28-17)22-7-6-21-18/h4-9,11H,3,10H2,1-2H3,(H,21,24)(H,26,27). The van der Waals surface area contributed by atoms with Crippen molar-refractivity contribution in [3.63, 3.8) is 0 Å². The number of imidazole rings is 1. The summed E-state index contributed by atoms with van der Waals surface area (Å²) in [6.45, 7) is 4.32. The highest BCUT2D eigenvalue weighted by molar-refractivity contribution is 7.99. The van der Waals surface area contributed by atoms with E-state index in [1.165, 1.54) is 0 Å². The fourth-order valence-electron chi connectivity index (χ4n) is 3.06. The highest BCUT2D eigenvalue weighted by Crippen LogP contribution is 2.42. The summed E-state index contributed by atoms with van der Waals surface area (Å²) in [6, 6.07) is 6.21. The normalized spacial score (nSPS) is 12.9. The van der Waals surface area contributed by atoms with Gasteiger partial charge in [0.05, 0.1) is 23.4 Å². The third kappa shape index (κ3) is 3.50. The Morgan fingerprint density at radius 1 is 1.29 bits per heavy atom. The van der Waals surface area contributed by atoms with Crippen molar-refractivity contribution in [2.24, 2.45) is 0 Å². The van der Waals surface area contributed by atoms with Crippen molar-refractivity contribution >= 4 is 35.3 Å². The van der Waals surface area contributed by atoms with Crippen LogP contribution in [0, 0.1) is 6.92 Å². The van der Waals surface area contributed by atoms with Crippen LogP contribution in [0.2, 0.25) is 0 Å². The molecule has 0 spiro atoms. The van der Waals surface area contributed by atoms with Gasteiger partial charge in [-0.05, 0) is 37.1 Å². The molecule has 0 saturated carbocycles. The summed E-state index contributed by atoms with van der Waals surface area (Å²) in [5.41, 5.74) is 4.06. The Kier molecular flexibility index (Phi) is 4.87. The summed E-state index contributed by atoms with van der Waals surface area (Å²) in [5, 5.41) is 13.5. The van der Waals surface area contributed by atoms with E-state index in [9.17, 15) is 9.90 Å². The summed E-state index contributed by atoms with van der Waals surface area (Å²) >= 11 is 1.59. The van der Waals surface area contributed by atoms with Gasteiger partial charge in [-0.15, -0.1) is 0 Å². The third-order valence-electron chi connectivity index (χ3n) is 4.56. The van der Waals surface area contributed by atoms with Gasteiger partial charge in [-0.3, -0.25) is 0 Å². The number of hydrogen-bond acceptors (Lipinski definition) is 6. The number of benzene rings is 1. The number of carboxylic acid groups (broad SMARTS) is 1. The van der Waals surface area contributed by atoms with Crippen molar-refractivity contribution in [3.8, 4) is 0 Å². The minimum atomic E-state index is -0.899. The Hall–Kier alpha value is -3.13. The topological polar surface area (TPSA) is 92.9 Å². The molecule has 0 aliphatic carbocycles. The molecule has 0 fully saturated rings. The Morgan fingerprint density at radius 3 is 2.89 bits per heavy atom. The number of rotatable bonds is 5. The Balaban J connectivity index is 1.63. The molecule has 3 heterocycles. The van der Waals surface area contributed by atoms with Crippen molar-refractivity contribution < 1.29 is 9.90 Å². The molecule has 0 radical (unpaired) electrons. The van der Waals surface area contributed by atoms with E-state index in [2.05, 4.69) is 38.5 Å². The van der Waals surface area contributed by atoms with E-state index in [1.807, 2.05) is 18.4 Å². The molecule has 0 unspecified atom stereocenters. The summed E-state index contributed by atoms with van der Waals surface area (Å²) in [4.78, 5) is 25.5. The lowest BCUT2D eigenvalue weighted by molar-refractivity contribution is -0.132. The van der Waals surface area contributed by atoms with Crippen LogP contribution in [0.1, 0.15) is 30.3 Å². The first-order valence-electron chi connectivity index (χ1n) is 8.89. The van der Waals surface area contributed by atoms with Gasteiger partial charge in [0.15, 0.2) is 5.82 Å². The first-order chi connectivity index (χ1) is 13.5. The average Bonchev–Trinajstić information content (AvgIpc) is 3.03. The van der Waals surface area contributed by atoms with Crippen LogP contribution in [-0.2, 0) is 11.3 Å². The maximum atomic E-state index is 11.4. The van der Waals surface area contributed by atoms with Gasteiger partial charge < -0.3 is 15.0 Å². The lowest BCUT2D eigenvalue weighted by atomic mass is 10.1. The van der Waals surface area contributed by atoms with Crippen LogP contribution in [0.25, 0.3) is 6.08 Å². The van der Waals surface area contributed by atoms with E-state index in [0.29, 0.717) is 18.5 Å². The van der Waals surface area contributed by atoms with Gasteiger partial charge in [0.25, 0.3) is 0 Å². The number of hydrogen-bond donors (Lipinski definition) is 2. The molecule has 0 amide bonds. The van der Waals surface area contributed by atoms with Crippen molar-refractivity contribution in [3.05, 3.63) is 59.4 Å². The molecule has 142 valence electrons. The van der Waals surface area contributed by atoms with Gasteiger partial charge in [0, 0.05) is 29.4 Å². The predicted octanol–water partition coefficient (Wildman–Crippen LogP) is 4.12. The largest absolute Gasteiger partial charge is 0.478 e. The molecule has 3 aromatic rings. The van der Waals surface area contributed by atoms with Gasteiger partial charge in [0.1, 0.15) is 5.03 Å². The molecule has 0 saturated heterocycles. The van der Waals surface area contributed by atoms with Gasteiger partial charge in [-0.1, -0.05) is 24.8 Å². The molecule has 1 aliphatic rings. The van der Waals surface area contributed by atoms with Crippen LogP contribution >= 0.6 is 11.8 Å². The Morgan fingerprint density at radius 2 is 2.11 bits per heavy atom. The monoisotopic (exact) mass is 393 g/mol. The molecule has 0 bridgehead atoms. The number of fused-ring (bicyclic) bond motifs is 2. The second-order valence-electron chi connectivity index (χ2n) is 6.44. The molecule has 2 N–H and O–H groups in total. The molecule has 2 aromatic heterocycles. The smallest absolute Gasteiger partial charge is 0.331 e. The molecule has 1 aliphatic heterocycles. The summed E-state index contributed by atoms with van der Waals surface area (Å²) in [7, 11) is 0. The van der Waals surface area contributed by atoms with E-state index < -0.39 is 5.97 Å². The van der Waals surface area contributed by atoms with Crippen LogP contribution in [0.15, 0.2) is 52.4 Å². The zero-order chi connectivity index (χ0) is 19.7. The second-order valence-corrected chi connectivity index (χ2v) is 7.47. The maximum absolute atomic E-state index is 11.4. The van der Waals surface area contributed by atoms with Crippen LogP contribution in [0.5, 0.6) is 0 Å². The highest BCUT2D eigenvalue weighted by atomic mass is 32.2. The molecule has 0 atom stereocenters. The van der Waals surface area contributed by atoms with Crippen LogP contribution in [0.4, 0.5) is 11.5 Å². The zero-order valence-electron chi connectivity index (χ0n) is 15.5. The van der Waals surface area contributed by atoms with E-state index in [0.717, 1.165) is 38.4 Å². The zero-order valence-corrected chi connectivity index (χ0v) is 16.3. The molecule has 7 nitrogen and oxygen atoms in total. The third-order valence-corrected chi connectivity index (χ3v) is 5.63. The van der Waals surface area contributed by atoms with Crippen LogP contribution < -0.4 is 5.32 Å². The quantitative estimate of drug-likeness (QED) is 0.493. The lowest BCUT2D eigenvalue weighted by Crippen LogP contribution is -2.06. The van der Waals surface area contributed by atoms with Crippen molar-refractivity contribution in [2.75, 3.05) is 5.32 Å². The highest BCUT2D eigenvalue weighted by Gasteiger charge is 2.18. The number of aliphatic carboxylic acids is 1. The van der Waals surface area contributed by atoms with Crippen LogP contribution in [0.3, 0.4) is 0 Å². The summed E-state index contributed by atoms with van der Waals surface area (Å²) < 4.78 is 1.97. The summed E-state index contributed by atoms with van der Waals surface area (Å²) in [6.07, 6.45) is 7.27. The maximum Gasteiger partial charge on any atom is 0.331 e. The summed E-state index contributed by atoms with van der Waals surface area (Å²) in [5.74, 6) is -0.141. The van der Waals surface area contributed by atoms with E-state index in [-0.39, 0.29) is 0 Å². The number of anilines is 2. The molecular weight excluding hydrogens is 374 g/mol. The number of carboxylic acids is 1. The fourth-order valence-corrected chi connectivity index (χ4v) is 3.94. The number of carbonyl (C=O) groups is 1. The first-order valence-corrected chi connectivity index (χ1v) is 9.71. The van der Waals surface area contributed by atoms with Crippen molar-refractivity contribution in [1.82, 2.24) is 19.5 Å². The average molecular weight is 393 g/mol. The molecule has 28 heavy (non-hydrogen) atoms. The van der Waals surface area contributed by atoms with E-state index >= 15 is 0 Å². The van der Waals surface area contributed by atoms with E-state index in [4.69, 9.17) is 0 Å². The van der Waals surface area contributed by atoms with Gasteiger partial charge >= 0.3 is 5.97 Å². The van der Waals surface area contributed by atoms with Gasteiger partial charge in [-0.25, -0.2) is 19.7 Å². The molecule has 8 heteroatoms. The Bertz CT molecular complexity index is 1090. The Labute approximate surface area is 166 Å². The first kappa shape index (κ1) is 18.2.